The second-order valence-electron chi connectivity index (χ2n) is 4.92. The number of nitrogens with zero attached hydrogens (tertiary/aromatic N) is 3. The van der Waals surface area contributed by atoms with Gasteiger partial charge in [0.25, 0.3) is 11.6 Å². The molecule has 0 radical (unpaired) electrons. The van der Waals surface area contributed by atoms with Gasteiger partial charge in [-0.25, -0.2) is 4.79 Å². The van der Waals surface area contributed by atoms with Crippen LogP contribution in [0.1, 0.15) is 12.8 Å². The van der Waals surface area contributed by atoms with Gasteiger partial charge in [0.15, 0.2) is 11.2 Å². The smallest absolute Gasteiger partial charge is 0.332 e. The highest BCUT2D eigenvalue weighted by Gasteiger charge is 2.28. The number of hydrogen-bond acceptors (Lipinski definition) is 5. The molecule has 19 heavy (non-hydrogen) atoms. The molecule has 0 aliphatic heterocycles. The number of hydrogen-bond donors (Lipinski definition) is 2. The number of aryl methyl sites for hydroxylation is 1. The van der Waals surface area contributed by atoms with Crippen molar-refractivity contribution in [3.8, 4) is 6.01 Å². The zero-order valence-corrected chi connectivity index (χ0v) is 10.7. The number of aromatic amines is 1. The molecule has 2 heterocycles. The molecule has 1 saturated carbocycles. The number of aromatic nitrogens is 4. The Morgan fingerprint density at radius 3 is 2.63 bits per heavy atom. The van der Waals surface area contributed by atoms with Crippen LogP contribution in [-0.4, -0.2) is 31.2 Å². The third-order valence-corrected chi connectivity index (χ3v) is 3.48. The lowest BCUT2D eigenvalue weighted by atomic mass is 9.90. The van der Waals surface area contributed by atoms with Crippen LogP contribution < -0.4 is 21.7 Å². The molecule has 3 rings (SSSR count). The number of fused-ring (bicyclic) bond motifs is 1. The van der Waals surface area contributed by atoms with Gasteiger partial charge >= 0.3 is 5.69 Å². The molecule has 8 heteroatoms. The Bertz CT molecular complexity index is 750. The van der Waals surface area contributed by atoms with E-state index in [0.29, 0.717) is 5.65 Å². The van der Waals surface area contributed by atoms with E-state index in [0.717, 1.165) is 17.4 Å². The maximum Gasteiger partial charge on any atom is 0.332 e. The summed E-state index contributed by atoms with van der Waals surface area (Å²) in [6, 6.07) is 0.428. The Balaban J connectivity index is 2.06. The summed E-state index contributed by atoms with van der Waals surface area (Å²) >= 11 is 0. The van der Waals surface area contributed by atoms with Crippen LogP contribution in [0.2, 0.25) is 0 Å². The van der Waals surface area contributed by atoms with Crippen LogP contribution >= 0.6 is 0 Å². The summed E-state index contributed by atoms with van der Waals surface area (Å²) in [6.45, 7) is 0. The number of imidazole rings is 1. The summed E-state index contributed by atoms with van der Waals surface area (Å²) < 4.78 is 7.93. The van der Waals surface area contributed by atoms with Crippen LogP contribution in [0.15, 0.2) is 9.59 Å². The van der Waals surface area contributed by atoms with Crippen molar-refractivity contribution in [1.29, 1.82) is 0 Å². The molecule has 102 valence electrons. The molecule has 3 N–H and O–H groups in total. The Hall–Kier alpha value is -2.09. The molecule has 0 atom stereocenters. The van der Waals surface area contributed by atoms with Crippen LogP contribution in [0.25, 0.3) is 11.2 Å². The second kappa shape index (κ2) is 3.95. The monoisotopic (exact) mass is 265 g/mol. The van der Waals surface area contributed by atoms with Crippen molar-refractivity contribution in [2.24, 2.45) is 19.8 Å². The lowest BCUT2D eigenvalue weighted by Crippen LogP contribution is -2.43. The van der Waals surface area contributed by atoms with E-state index in [1.807, 2.05) is 0 Å². The van der Waals surface area contributed by atoms with E-state index >= 15 is 0 Å². The molecule has 2 aromatic rings. The molecule has 8 nitrogen and oxygen atoms in total. The molecule has 0 bridgehead atoms. The average Bonchev–Trinajstić information content (AvgIpc) is 2.76. The highest BCUT2D eigenvalue weighted by molar-refractivity contribution is 5.70. The first-order valence-corrected chi connectivity index (χ1v) is 6.05. The van der Waals surface area contributed by atoms with Crippen molar-refractivity contribution in [2.45, 2.75) is 25.0 Å². The minimum absolute atomic E-state index is 0.0245. The number of H-pyrrole nitrogens is 1. The summed E-state index contributed by atoms with van der Waals surface area (Å²) in [6.07, 6.45) is 1.57. The fraction of sp³-hybridized carbons (Fsp3) is 0.545. The summed E-state index contributed by atoms with van der Waals surface area (Å²) in [5.41, 5.74) is 5.41. The van der Waals surface area contributed by atoms with Crippen molar-refractivity contribution in [3.63, 3.8) is 0 Å². The lowest BCUT2D eigenvalue weighted by Gasteiger charge is -2.31. The van der Waals surface area contributed by atoms with Crippen molar-refractivity contribution < 1.29 is 4.74 Å². The SMILES string of the molecule is Cn1c(=O)c2[nH]c(OC3CC(N)C3)nc2n(C)c1=O. The standard InChI is InChI=1S/C11H15N5O3/c1-15-8-7(9(17)16(2)11(15)18)13-10(14-8)19-6-3-5(12)4-6/h5-6H,3-4,12H2,1-2H3,(H,13,14). The van der Waals surface area contributed by atoms with Gasteiger partial charge < -0.3 is 15.5 Å². The van der Waals surface area contributed by atoms with Crippen molar-refractivity contribution in [3.05, 3.63) is 20.8 Å². The van der Waals surface area contributed by atoms with Crippen LogP contribution in [-0.2, 0) is 14.1 Å². The third-order valence-electron chi connectivity index (χ3n) is 3.48. The van der Waals surface area contributed by atoms with Gasteiger partial charge in [0.05, 0.1) is 0 Å². The molecule has 1 aliphatic rings. The molecule has 0 amide bonds. The largest absolute Gasteiger partial charge is 0.461 e. The number of nitrogens with two attached hydrogens (primary N) is 1. The minimum Gasteiger partial charge on any atom is -0.461 e. The highest BCUT2D eigenvalue weighted by atomic mass is 16.5. The summed E-state index contributed by atoms with van der Waals surface area (Å²) in [7, 11) is 2.99. The van der Waals surface area contributed by atoms with Crippen LogP contribution in [0.4, 0.5) is 0 Å². The van der Waals surface area contributed by atoms with Gasteiger partial charge in [-0.15, -0.1) is 0 Å². The fourth-order valence-corrected chi connectivity index (χ4v) is 2.22. The number of rotatable bonds is 2. The maximum atomic E-state index is 11.9. The second-order valence-corrected chi connectivity index (χ2v) is 4.92. The molecule has 2 aromatic heterocycles. The normalized spacial score (nSPS) is 22.5. The van der Waals surface area contributed by atoms with Crippen molar-refractivity contribution in [2.75, 3.05) is 0 Å². The Morgan fingerprint density at radius 2 is 2.00 bits per heavy atom. The lowest BCUT2D eigenvalue weighted by molar-refractivity contribution is 0.0918. The van der Waals surface area contributed by atoms with E-state index in [1.165, 1.54) is 11.6 Å². The van der Waals surface area contributed by atoms with Gasteiger partial charge in [0, 0.05) is 20.1 Å². The summed E-state index contributed by atoms with van der Waals surface area (Å²) in [5.74, 6) is 0. The predicted molar refractivity (Wildman–Crippen MR) is 68.2 cm³/mol. The first-order chi connectivity index (χ1) is 8.97. The quantitative estimate of drug-likeness (QED) is 0.711. The van der Waals surface area contributed by atoms with Gasteiger partial charge in [-0.2, -0.15) is 4.98 Å². The van der Waals surface area contributed by atoms with Gasteiger partial charge in [0.2, 0.25) is 0 Å². The molecular formula is C11H15N5O3. The van der Waals surface area contributed by atoms with Crippen LogP contribution in [0.5, 0.6) is 6.01 Å². The van der Waals surface area contributed by atoms with Gasteiger partial charge in [-0.05, 0) is 12.8 Å². The summed E-state index contributed by atoms with van der Waals surface area (Å²) in [5, 5.41) is 0. The van der Waals surface area contributed by atoms with Crippen molar-refractivity contribution >= 4 is 11.2 Å². The fourth-order valence-electron chi connectivity index (χ4n) is 2.22. The van der Waals surface area contributed by atoms with E-state index in [1.54, 1.807) is 7.05 Å². The average molecular weight is 265 g/mol. The molecular weight excluding hydrogens is 250 g/mol. The maximum absolute atomic E-state index is 11.9. The van der Waals surface area contributed by atoms with Crippen molar-refractivity contribution in [1.82, 2.24) is 19.1 Å². The molecule has 1 fully saturated rings. The Labute approximate surface area is 107 Å². The number of ether oxygens (including phenoxy) is 1. The molecule has 0 aromatic carbocycles. The van der Waals surface area contributed by atoms with E-state index in [-0.39, 0.29) is 23.7 Å². The van der Waals surface area contributed by atoms with E-state index in [2.05, 4.69) is 9.97 Å². The van der Waals surface area contributed by atoms with Gasteiger partial charge in [0.1, 0.15) is 6.10 Å². The molecule has 0 saturated heterocycles. The van der Waals surface area contributed by atoms with Gasteiger partial charge in [-0.3, -0.25) is 13.9 Å². The predicted octanol–water partition coefficient (Wildman–Crippen LogP) is -1.17. The van der Waals surface area contributed by atoms with Crippen LogP contribution in [0.3, 0.4) is 0 Å². The van der Waals surface area contributed by atoms with E-state index in [9.17, 15) is 9.59 Å². The minimum atomic E-state index is -0.416. The third kappa shape index (κ3) is 1.75. The highest BCUT2D eigenvalue weighted by Crippen LogP contribution is 2.23. The van der Waals surface area contributed by atoms with E-state index in [4.69, 9.17) is 10.5 Å². The van der Waals surface area contributed by atoms with Crippen LogP contribution in [0, 0.1) is 0 Å². The Morgan fingerprint density at radius 1 is 1.32 bits per heavy atom. The first kappa shape index (κ1) is 12.0. The van der Waals surface area contributed by atoms with Gasteiger partial charge in [-0.1, -0.05) is 0 Å². The topological polar surface area (TPSA) is 108 Å². The zero-order chi connectivity index (χ0) is 13.7. The number of nitrogens with one attached hydrogen (secondary N) is 1. The molecule has 0 unspecified atom stereocenters. The first-order valence-electron chi connectivity index (χ1n) is 6.05. The van der Waals surface area contributed by atoms with E-state index < -0.39 is 11.2 Å². The Kier molecular flexibility index (Phi) is 2.49. The molecule has 1 aliphatic carbocycles. The summed E-state index contributed by atoms with van der Waals surface area (Å²) in [4.78, 5) is 30.7. The zero-order valence-electron chi connectivity index (χ0n) is 10.7. The molecule has 0 spiro atoms.